The van der Waals surface area contributed by atoms with Crippen LogP contribution in [-0.4, -0.2) is 21.5 Å². The highest BCUT2D eigenvalue weighted by Gasteiger charge is 2.35. The summed E-state index contributed by atoms with van der Waals surface area (Å²) in [4.78, 5) is 14.6. The fourth-order valence-corrected chi connectivity index (χ4v) is 5.09. The van der Waals surface area contributed by atoms with Crippen LogP contribution < -0.4 is 4.90 Å². The van der Waals surface area contributed by atoms with Crippen LogP contribution in [0.1, 0.15) is 28.4 Å². The molecule has 2 aromatic heterocycles. The molecule has 6 rings (SSSR count). The van der Waals surface area contributed by atoms with E-state index in [-0.39, 0.29) is 11.1 Å². The quantitative estimate of drug-likeness (QED) is 0.298. The lowest BCUT2D eigenvalue weighted by atomic mass is 9.91. The summed E-state index contributed by atoms with van der Waals surface area (Å²) >= 11 is 6.27. The third kappa shape index (κ3) is 3.65. The van der Waals surface area contributed by atoms with E-state index < -0.39 is 17.7 Å². The zero-order valence-corrected chi connectivity index (χ0v) is 19.7. The van der Waals surface area contributed by atoms with Gasteiger partial charge in [0.25, 0.3) is 0 Å². The van der Waals surface area contributed by atoms with E-state index in [4.69, 9.17) is 11.6 Å². The summed E-state index contributed by atoms with van der Waals surface area (Å²) in [6.07, 6.45) is 4.22. The molecule has 0 radical (unpaired) electrons. The monoisotopic (exact) mass is 486 g/mol. The summed E-state index contributed by atoms with van der Waals surface area (Å²) in [6, 6.07) is 18.1. The van der Waals surface area contributed by atoms with Gasteiger partial charge in [0.2, 0.25) is 5.95 Å². The van der Waals surface area contributed by atoms with Crippen molar-refractivity contribution in [1.82, 2.24) is 15.0 Å². The van der Waals surface area contributed by atoms with Gasteiger partial charge in [-0.2, -0.15) is 0 Å². The van der Waals surface area contributed by atoms with Crippen molar-refractivity contribution in [3.05, 3.63) is 112 Å². The molecule has 0 bridgehead atoms. The van der Waals surface area contributed by atoms with E-state index in [1.54, 1.807) is 31.5 Å². The van der Waals surface area contributed by atoms with Gasteiger partial charge in [-0.05, 0) is 48.2 Å². The van der Waals surface area contributed by atoms with Crippen molar-refractivity contribution in [2.24, 2.45) is 0 Å². The maximum absolute atomic E-state index is 15.4. The minimum Gasteiger partial charge on any atom is -0.356 e. The van der Waals surface area contributed by atoms with Gasteiger partial charge >= 0.3 is 0 Å². The fraction of sp³-hybridized carbons (Fsp3) is 0.143. The van der Waals surface area contributed by atoms with Crippen LogP contribution in [-0.2, 0) is 6.42 Å². The number of benzene rings is 3. The molecular formula is C28H21ClF2N4. The predicted octanol–water partition coefficient (Wildman–Crippen LogP) is 7.02. The maximum Gasteiger partial charge on any atom is 0.226 e. The number of halogens is 3. The predicted molar refractivity (Wildman–Crippen MR) is 135 cm³/mol. The van der Waals surface area contributed by atoms with E-state index >= 15 is 4.39 Å². The van der Waals surface area contributed by atoms with E-state index in [1.807, 2.05) is 53.4 Å². The Kier molecular flexibility index (Phi) is 5.26. The van der Waals surface area contributed by atoms with E-state index in [0.717, 1.165) is 33.3 Å². The molecule has 7 heteroatoms. The number of nitrogens with one attached hydrogen (secondary N) is 1. The van der Waals surface area contributed by atoms with Crippen molar-refractivity contribution in [2.75, 3.05) is 11.4 Å². The molecule has 1 aliphatic rings. The first-order chi connectivity index (χ1) is 17.0. The molecule has 3 aromatic carbocycles. The van der Waals surface area contributed by atoms with Gasteiger partial charge in [0, 0.05) is 51.7 Å². The molecule has 5 aromatic rings. The Hall–Kier alpha value is -3.77. The minimum absolute atomic E-state index is 0.238. The summed E-state index contributed by atoms with van der Waals surface area (Å²) in [7, 11) is 0. The maximum atomic E-state index is 15.4. The Bertz CT molecular complexity index is 1550. The highest BCUT2D eigenvalue weighted by molar-refractivity contribution is 6.31. The lowest BCUT2D eigenvalue weighted by Gasteiger charge is -2.36. The lowest BCUT2D eigenvalue weighted by molar-refractivity contribution is 0.481. The number of aryl methyl sites for hydroxylation is 1. The van der Waals surface area contributed by atoms with Crippen LogP contribution in [0.4, 0.5) is 14.7 Å². The van der Waals surface area contributed by atoms with E-state index in [9.17, 15) is 4.39 Å². The topological polar surface area (TPSA) is 44.8 Å². The van der Waals surface area contributed by atoms with Gasteiger partial charge in [0.05, 0.1) is 0 Å². The Morgan fingerprint density at radius 2 is 1.71 bits per heavy atom. The van der Waals surface area contributed by atoms with Crippen LogP contribution in [0.5, 0.6) is 0 Å². The molecule has 0 unspecified atom stereocenters. The molecular weight excluding hydrogens is 466 g/mol. The standard InChI is InChI=1S/C28H21ClF2N4/c1-16-7-9-21(25(31)24(16)30)27-26-20(22-13-19(29)8-10-23(22)34-26)11-12-35(27)28-32-14-18(15-33-28)17-5-3-2-4-6-17/h2-10,13-15,27,34H,11-12H2,1H3/t27-/m0/s1. The average Bonchev–Trinajstić information content (AvgIpc) is 3.26. The molecule has 1 N–H and O–H groups in total. The summed E-state index contributed by atoms with van der Waals surface area (Å²) in [5.41, 5.74) is 5.14. The second-order valence-corrected chi connectivity index (χ2v) is 9.23. The number of nitrogens with zero attached hydrogens (tertiary/aromatic N) is 3. The van der Waals surface area contributed by atoms with Gasteiger partial charge in [-0.15, -0.1) is 0 Å². The van der Waals surface area contributed by atoms with Gasteiger partial charge in [0.1, 0.15) is 6.04 Å². The lowest BCUT2D eigenvalue weighted by Crippen LogP contribution is -2.38. The third-order valence-electron chi connectivity index (χ3n) is 6.69. The number of aromatic nitrogens is 3. The Labute approximate surface area is 206 Å². The van der Waals surface area contributed by atoms with Gasteiger partial charge in [0.15, 0.2) is 11.6 Å². The van der Waals surface area contributed by atoms with Crippen LogP contribution in [0.2, 0.25) is 5.02 Å². The zero-order valence-electron chi connectivity index (χ0n) is 18.9. The van der Waals surface area contributed by atoms with Crippen LogP contribution in [0.3, 0.4) is 0 Å². The van der Waals surface area contributed by atoms with Crippen LogP contribution in [0, 0.1) is 18.6 Å². The molecule has 0 aliphatic carbocycles. The molecule has 0 fully saturated rings. The van der Waals surface area contributed by atoms with Gasteiger partial charge in [-0.25, -0.2) is 18.7 Å². The molecule has 0 spiro atoms. The number of H-pyrrole nitrogens is 1. The second-order valence-electron chi connectivity index (χ2n) is 8.79. The zero-order chi connectivity index (χ0) is 24.1. The third-order valence-corrected chi connectivity index (χ3v) is 6.93. The van der Waals surface area contributed by atoms with Gasteiger partial charge in [-0.3, -0.25) is 0 Å². The van der Waals surface area contributed by atoms with E-state index in [0.29, 0.717) is 23.9 Å². The van der Waals surface area contributed by atoms with Crippen molar-refractivity contribution in [3.63, 3.8) is 0 Å². The number of anilines is 1. The van der Waals surface area contributed by atoms with Gasteiger partial charge in [-0.1, -0.05) is 54.1 Å². The molecule has 0 saturated carbocycles. The molecule has 174 valence electrons. The molecule has 1 aliphatic heterocycles. The Balaban J connectivity index is 1.50. The first-order valence-corrected chi connectivity index (χ1v) is 11.8. The fourth-order valence-electron chi connectivity index (χ4n) is 4.92. The summed E-state index contributed by atoms with van der Waals surface area (Å²) < 4.78 is 30.1. The van der Waals surface area contributed by atoms with Crippen molar-refractivity contribution >= 4 is 28.5 Å². The first-order valence-electron chi connectivity index (χ1n) is 11.4. The summed E-state index contributed by atoms with van der Waals surface area (Å²) in [5, 5.41) is 1.62. The minimum atomic E-state index is -0.856. The first kappa shape index (κ1) is 21.7. The van der Waals surface area contributed by atoms with Crippen LogP contribution in [0.15, 0.2) is 73.1 Å². The summed E-state index contributed by atoms with van der Waals surface area (Å²) in [5.74, 6) is -1.24. The number of rotatable bonds is 3. The number of hydrogen-bond acceptors (Lipinski definition) is 3. The van der Waals surface area contributed by atoms with E-state index in [1.165, 1.54) is 0 Å². The highest BCUT2D eigenvalue weighted by Crippen LogP contribution is 2.41. The molecule has 0 saturated heterocycles. The van der Waals surface area contributed by atoms with Crippen molar-refractivity contribution in [2.45, 2.75) is 19.4 Å². The molecule has 4 nitrogen and oxygen atoms in total. The largest absolute Gasteiger partial charge is 0.356 e. The second kappa shape index (κ2) is 8.47. The van der Waals surface area contributed by atoms with Gasteiger partial charge < -0.3 is 9.88 Å². The number of fused-ring (bicyclic) bond motifs is 3. The molecule has 3 heterocycles. The van der Waals surface area contributed by atoms with E-state index in [2.05, 4.69) is 15.0 Å². The Morgan fingerprint density at radius 3 is 2.49 bits per heavy atom. The average molecular weight is 487 g/mol. The SMILES string of the molecule is Cc1ccc([C@H]2c3[nH]c4ccc(Cl)cc4c3CCN2c2ncc(-c3ccccc3)cn2)c(F)c1F. The van der Waals surface area contributed by atoms with Crippen molar-refractivity contribution in [3.8, 4) is 11.1 Å². The van der Waals surface area contributed by atoms with Crippen LogP contribution in [0.25, 0.3) is 22.0 Å². The molecule has 1 atom stereocenters. The van der Waals surface area contributed by atoms with Crippen LogP contribution >= 0.6 is 11.6 Å². The normalized spacial score (nSPS) is 15.4. The Morgan fingerprint density at radius 1 is 0.943 bits per heavy atom. The van der Waals surface area contributed by atoms with Crippen molar-refractivity contribution in [1.29, 1.82) is 0 Å². The number of aromatic amines is 1. The highest BCUT2D eigenvalue weighted by atomic mass is 35.5. The van der Waals surface area contributed by atoms with Crippen molar-refractivity contribution < 1.29 is 8.78 Å². The molecule has 35 heavy (non-hydrogen) atoms. The summed E-state index contributed by atoms with van der Waals surface area (Å²) in [6.45, 7) is 2.10. The smallest absolute Gasteiger partial charge is 0.226 e. The number of hydrogen-bond donors (Lipinski definition) is 1. The molecule has 0 amide bonds.